The van der Waals surface area contributed by atoms with Gasteiger partial charge in [-0.25, -0.2) is 15.0 Å². The number of likely N-dealkylation sites (N-methyl/N-ethyl adjacent to an activating group) is 1. The van der Waals surface area contributed by atoms with Gasteiger partial charge >= 0.3 is 0 Å². The molecule has 0 N–H and O–H groups in total. The lowest BCUT2D eigenvalue weighted by molar-refractivity contribution is 0.312. The molecule has 0 saturated carbocycles. The van der Waals surface area contributed by atoms with Gasteiger partial charge in [0.1, 0.15) is 16.3 Å². The number of aryl methyl sites for hydroxylation is 2. The minimum Gasteiger partial charge on any atom is -0.353 e. The van der Waals surface area contributed by atoms with Gasteiger partial charge < -0.3 is 9.80 Å². The first-order chi connectivity index (χ1) is 12.8. The third-order valence-electron chi connectivity index (χ3n) is 5.39. The van der Waals surface area contributed by atoms with Crippen molar-refractivity contribution in [3.63, 3.8) is 0 Å². The number of hydrogen-bond donors (Lipinski definition) is 0. The quantitative estimate of drug-likeness (QED) is 0.695. The summed E-state index contributed by atoms with van der Waals surface area (Å²) < 4.78 is 0. The highest BCUT2D eigenvalue weighted by Crippen LogP contribution is 2.40. The Kier molecular flexibility index (Phi) is 4.05. The Bertz CT molecular complexity index is 930. The summed E-state index contributed by atoms with van der Waals surface area (Å²) in [5, 5.41) is 1.29. The molecule has 4 heterocycles. The highest BCUT2D eigenvalue weighted by molar-refractivity contribution is 7.19. The largest absolute Gasteiger partial charge is 0.353 e. The molecule has 0 radical (unpaired) electrons. The average Bonchev–Trinajstić information content (AvgIpc) is 3.07. The van der Waals surface area contributed by atoms with Crippen LogP contribution in [0, 0.1) is 0 Å². The van der Waals surface area contributed by atoms with E-state index in [0.29, 0.717) is 5.82 Å². The Balaban J connectivity index is 1.70. The van der Waals surface area contributed by atoms with Crippen LogP contribution in [0.15, 0.2) is 18.6 Å². The summed E-state index contributed by atoms with van der Waals surface area (Å²) in [4.78, 5) is 25.9. The normalized spacial score (nSPS) is 18.3. The number of rotatable bonds is 2. The predicted octanol–water partition coefficient (Wildman–Crippen LogP) is 2.78. The first-order valence-corrected chi connectivity index (χ1v) is 10.1. The molecule has 0 bridgehead atoms. The number of aromatic nitrogens is 4. The van der Waals surface area contributed by atoms with E-state index in [2.05, 4.69) is 26.8 Å². The van der Waals surface area contributed by atoms with Crippen molar-refractivity contribution in [1.82, 2.24) is 24.8 Å². The third-order valence-corrected chi connectivity index (χ3v) is 6.58. The maximum Gasteiger partial charge on any atom is 0.183 e. The third kappa shape index (κ3) is 2.75. The monoisotopic (exact) mass is 366 g/mol. The summed E-state index contributed by atoms with van der Waals surface area (Å²) in [6.45, 7) is 4.15. The summed E-state index contributed by atoms with van der Waals surface area (Å²) >= 11 is 1.85. The number of anilines is 1. The zero-order chi connectivity index (χ0) is 17.5. The first kappa shape index (κ1) is 16.1. The molecule has 5 rings (SSSR count). The summed E-state index contributed by atoms with van der Waals surface area (Å²) in [5.74, 6) is 1.79. The van der Waals surface area contributed by atoms with Crippen molar-refractivity contribution in [3.05, 3.63) is 29.0 Å². The highest BCUT2D eigenvalue weighted by atomic mass is 32.1. The second-order valence-electron chi connectivity index (χ2n) is 7.14. The molecule has 0 amide bonds. The lowest BCUT2D eigenvalue weighted by Gasteiger charge is -2.34. The van der Waals surface area contributed by atoms with E-state index in [9.17, 15) is 0 Å². The van der Waals surface area contributed by atoms with Crippen molar-refractivity contribution >= 4 is 27.4 Å². The zero-order valence-corrected chi connectivity index (χ0v) is 15.8. The Hall–Kier alpha value is -2.12. The molecule has 0 spiro atoms. The van der Waals surface area contributed by atoms with Gasteiger partial charge in [0, 0.05) is 43.4 Å². The molecule has 1 aliphatic carbocycles. The topological polar surface area (TPSA) is 58.0 Å². The molecule has 1 saturated heterocycles. The van der Waals surface area contributed by atoms with E-state index in [0.717, 1.165) is 48.9 Å². The lowest BCUT2D eigenvalue weighted by atomic mass is 9.97. The number of piperazine rings is 1. The molecule has 1 aliphatic heterocycles. The van der Waals surface area contributed by atoms with Gasteiger partial charge in [-0.15, -0.1) is 11.3 Å². The second kappa shape index (κ2) is 6.55. The molecule has 6 nitrogen and oxygen atoms in total. The van der Waals surface area contributed by atoms with Crippen LogP contribution in [0.25, 0.3) is 21.7 Å². The molecule has 3 aromatic rings. The summed E-state index contributed by atoms with van der Waals surface area (Å²) in [5.41, 5.74) is 2.24. The van der Waals surface area contributed by atoms with Crippen LogP contribution in [-0.4, -0.2) is 58.1 Å². The van der Waals surface area contributed by atoms with Gasteiger partial charge in [-0.05, 0) is 38.3 Å². The van der Waals surface area contributed by atoms with Crippen LogP contribution in [-0.2, 0) is 12.8 Å². The summed E-state index contributed by atoms with van der Waals surface area (Å²) in [6.07, 6.45) is 10.0. The predicted molar refractivity (Wildman–Crippen MR) is 105 cm³/mol. The first-order valence-electron chi connectivity index (χ1n) is 9.32. The molecule has 134 valence electrons. The number of thiophene rings is 1. The van der Waals surface area contributed by atoms with E-state index in [1.165, 1.54) is 35.1 Å². The van der Waals surface area contributed by atoms with Gasteiger partial charge in [0.15, 0.2) is 5.82 Å². The molecule has 1 fully saturated rings. The molecule has 0 aromatic carbocycles. The molecule has 3 aromatic heterocycles. The van der Waals surface area contributed by atoms with E-state index in [-0.39, 0.29) is 0 Å². The van der Waals surface area contributed by atoms with Crippen LogP contribution < -0.4 is 4.90 Å². The van der Waals surface area contributed by atoms with E-state index >= 15 is 0 Å². The van der Waals surface area contributed by atoms with Crippen molar-refractivity contribution in [3.8, 4) is 11.5 Å². The number of nitrogens with zero attached hydrogens (tertiary/aromatic N) is 6. The van der Waals surface area contributed by atoms with Crippen LogP contribution >= 0.6 is 11.3 Å². The summed E-state index contributed by atoms with van der Waals surface area (Å²) in [7, 11) is 2.18. The van der Waals surface area contributed by atoms with E-state index in [4.69, 9.17) is 9.97 Å². The van der Waals surface area contributed by atoms with Gasteiger partial charge in [0.05, 0.1) is 11.6 Å². The second-order valence-corrected chi connectivity index (χ2v) is 8.23. The molecular formula is C19H22N6S. The SMILES string of the molecule is CN1CCN(c2nc(-c3cnccn3)nc3sc4c(c23)CCCC4)CC1. The lowest BCUT2D eigenvalue weighted by Crippen LogP contribution is -2.45. The van der Waals surface area contributed by atoms with Crippen molar-refractivity contribution in [2.45, 2.75) is 25.7 Å². The fourth-order valence-corrected chi connectivity index (χ4v) is 5.17. The minimum absolute atomic E-state index is 0.693. The van der Waals surface area contributed by atoms with Crippen molar-refractivity contribution < 1.29 is 0 Å². The Morgan fingerprint density at radius 1 is 1.00 bits per heavy atom. The highest BCUT2D eigenvalue weighted by Gasteiger charge is 2.25. The summed E-state index contributed by atoms with van der Waals surface area (Å²) in [6, 6.07) is 0. The fourth-order valence-electron chi connectivity index (χ4n) is 3.91. The van der Waals surface area contributed by atoms with Gasteiger partial charge in [-0.3, -0.25) is 4.98 Å². The van der Waals surface area contributed by atoms with E-state index in [1.807, 2.05) is 11.3 Å². The van der Waals surface area contributed by atoms with Gasteiger partial charge in [-0.1, -0.05) is 0 Å². The van der Waals surface area contributed by atoms with Crippen LogP contribution in [0.1, 0.15) is 23.3 Å². The Morgan fingerprint density at radius 3 is 2.65 bits per heavy atom. The molecular weight excluding hydrogens is 344 g/mol. The van der Waals surface area contributed by atoms with E-state index < -0.39 is 0 Å². The van der Waals surface area contributed by atoms with Crippen molar-refractivity contribution in [1.29, 1.82) is 0 Å². The molecule has 0 unspecified atom stereocenters. The standard InChI is InChI=1S/C19H22N6S/c1-24-8-10-25(11-9-24)18-16-13-4-2-3-5-15(13)26-19(16)23-17(22-18)14-12-20-6-7-21-14/h6-7,12H,2-5,8-11H2,1H3. The van der Waals surface area contributed by atoms with Crippen LogP contribution in [0.3, 0.4) is 0 Å². The Labute approximate surface area is 156 Å². The van der Waals surface area contributed by atoms with Crippen LogP contribution in [0.5, 0.6) is 0 Å². The van der Waals surface area contributed by atoms with Crippen molar-refractivity contribution in [2.75, 3.05) is 38.1 Å². The van der Waals surface area contributed by atoms with Gasteiger partial charge in [-0.2, -0.15) is 0 Å². The van der Waals surface area contributed by atoms with Crippen molar-refractivity contribution in [2.24, 2.45) is 0 Å². The Morgan fingerprint density at radius 2 is 1.85 bits per heavy atom. The average molecular weight is 366 g/mol. The van der Waals surface area contributed by atoms with E-state index in [1.54, 1.807) is 18.6 Å². The smallest absolute Gasteiger partial charge is 0.183 e. The molecule has 2 aliphatic rings. The molecule has 26 heavy (non-hydrogen) atoms. The maximum absolute atomic E-state index is 5.00. The zero-order valence-electron chi connectivity index (χ0n) is 15.0. The minimum atomic E-state index is 0.693. The number of hydrogen-bond acceptors (Lipinski definition) is 7. The maximum atomic E-state index is 5.00. The molecule has 0 atom stereocenters. The van der Waals surface area contributed by atoms with Gasteiger partial charge in [0.25, 0.3) is 0 Å². The fraction of sp³-hybridized carbons (Fsp3) is 0.474. The van der Waals surface area contributed by atoms with Gasteiger partial charge in [0.2, 0.25) is 0 Å². The van der Waals surface area contributed by atoms with Crippen LogP contribution in [0.2, 0.25) is 0 Å². The van der Waals surface area contributed by atoms with Crippen LogP contribution in [0.4, 0.5) is 5.82 Å². The number of fused-ring (bicyclic) bond motifs is 3. The molecule has 7 heteroatoms.